The molecule has 55 heavy (non-hydrogen) atoms. The van der Waals surface area contributed by atoms with E-state index in [1.165, 1.54) is 62.6 Å². The lowest BCUT2D eigenvalue weighted by Crippen LogP contribution is -2.02. The highest BCUT2D eigenvalue weighted by Crippen LogP contribution is 2.40. The molecule has 9 heteroatoms. The van der Waals surface area contributed by atoms with Crippen LogP contribution in [-0.4, -0.2) is 0 Å². The Labute approximate surface area is 343 Å². The normalized spacial score (nSPS) is 10.9. The largest absolute Gasteiger partial charge is 0.348 e. The lowest BCUT2D eigenvalue weighted by molar-refractivity contribution is 0.899. The van der Waals surface area contributed by atoms with Gasteiger partial charge in [0.25, 0.3) is 0 Å². The van der Waals surface area contributed by atoms with Crippen LogP contribution in [0.15, 0.2) is 197 Å². The van der Waals surface area contributed by atoms with Gasteiger partial charge in [-0.05, 0) is 33.4 Å². The molecule has 0 saturated heterocycles. The zero-order valence-electron chi connectivity index (χ0n) is 29.1. The fourth-order valence-corrected chi connectivity index (χ4v) is 13.3. The average molecular weight is 817 g/mol. The molecule has 9 aromatic rings. The van der Waals surface area contributed by atoms with Crippen molar-refractivity contribution in [3.8, 4) is 62.6 Å². The highest BCUT2D eigenvalue weighted by molar-refractivity contribution is 7.33. The van der Waals surface area contributed by atoms with Crippen molar-refractivity contribution in [1.82, 2.24) is 0 Å². The summed E-state index contributed by atoms with van der Waals surface area (Å²) in [6.45, 7) is 0. The van der Waals surface area contributed by atoms with Crippen LogP contribution in [0.1, 0.15) is 0 Å². The third-order valence-electron chi connectivity index (χ3n) is 8.54. The molecule has 3 heterocycles. The van der Waals surface area contributed by atoms with Gasteiger partial charge in [-0.15, -0.1) is 0 Å². The fourth-order valence-electron chi connectivity index (χ4n) is 6.00. The van der Waals surface area contributed by atoms with Crippen molar-refractivity contribution in [2.24, 2.45) is 15.0 Å². The molecule has 0 unspecified atom stereocenters. The Balaban J connectivity index is 1.26. The molecular formula is C46H30N3S6+. The van der Waals surface area contributed by atoms with Gasteiger partial charge in [-0.2, -0.15) is 0 Å². The molecule has 9 rings (SSSR count). The van der Waals surface area contributed by atoms with E-state index in [0.717, 1.165) is 12.0 Å². The standard InChI is InChI=1S/C46H30N3S6/c1-7-19-31(20-8-1)37-38(32-21-9-2-10-22-32)51-44(50-37)47-43(48-45-52-39(33-23-11-3-12-24-33)40(53-45)34-25-13-4-14-26-34)49-46-54-41(35-27-15-5-16-28-35)42(55-46)36-29-17-6-18-30-36/h1-30H/q+1. The molecule has 0 spiro atoms. The number of rotatable bonds is 9. The number of benzene rings is 6. The Hall–Kier alpha value is -5.26. The molecule has 0 bridgehead atoms. The zero-order chi connectivity index (χ0) is 36.8. The average Bonchev–Trinajstić information content (AvgIpc) is 4.00. The number of hydrogen-bond acceptors (Lipinski definition) is 9. The number of hydrogen-bond donors (Lipinski definition) is 0. The van der Waals surface area contributed by atoms with E-state index in [4.69, 9.17) is 15.0 Å². The Morgan fingerprint density at radius 3 is 0.564 bits per heavy atom. The molecule has 0 atom stereocenters. The van der Waals surface area contributed by atoms with Crippen molar-refractivity contribution in [2.45, 2.75) is 0 Å². The van der Waals surface area contributed by atoms with Crippen LogP contribution >= 0.6 is 68.0 Å². The SMILES string of the molecule is c1ccc(-c2sc(=N[C+](N=c3sc(-c4ccccc4)c(-c4ccccc4)s3)N=c3sc(-c4ccccc4)c(-c4ccccc4)s3)sc2-c2ccccc2)cc1. The molecule has 0 aliphatic heterocycles. The van der Waals surface area contributed by atoms with E-state index >= 15 is 0 Å². The summed E-state index contributed by atoms with van der Waals surface area (Å²) in [5.41, 5.74) is 7.00. The monoisotopic (exact) mass is 816 g/mol. The summed E-state index contributed by atoms with van der Waals surface area (Å²) in [4.78, 5) is 23.0. The minimum Gasteiger partial charge on any atom is -0.0889 e. The first-order valence-corrected chi connectivity index (χ1v) is 22.4. The van der Waals surface area contributed by atoms with Gasteiger partial charge in [-0.3, -0.25) is 0 Å². The number of nitrogens with zero attached hydrogens (tertiary/aromatic N) is 3. The van der Waals surface area contributed by atoms with Crippen molar-refractivity contribution in [3.63, 3.8) is 0 Å². The minimum absolute atomic E-state index is 0.435. The summed E-state index contributed by atoms with van der Waals surface area (Å²) in [6.07, 6.45) is 0.435. The van der Waals surface area contributed by atoms with E-state index in [9.17, 15) is 0 Å². The molecule has 0 aliphatic carbocycles. The summed E-state index contributed by atoms with van der Waals surface area (Å²) < 4.78 is 2.67. The van der Waals surface area contributed by atoms with E-state index in [1.54, 1.807) is 68.0 Å². The van der Waals surface area contributed by atoms with Gasteiger partial charge < -0.3 is 0 Å². The van der Waals surface area contributed by atoms with Crippen LogP contribution in [0.2, 0.25) is 0 Å². The predicted molar refractivity (Wildman–Crippen MR) is 239 cm³/mol. The molecule has 3 nitrogen and oxygen atoms in total. The Kier molecular flexibility index (Phi) is 10.7. The molecule has 0 amide bonds. The lowest BCUT2D eigenvalue weighted by Gasteiger charge is -2.01. The maximum Gasteiger partial charge on any atom is 0.348 e. The first-order valence-electron chi connectivity index (χ1n) is 17.5. The quantitative estimate of drug-likeness (QED) is 0.130. The highest BCUT2D eigenvalue weighted by Gasteiger charge is 2.22. The van der Waals surface area contributed by atoms with Gasteiger partial charge in [0.2, 0.25) is 12.0 Å². The third-order valence-corrected chi connectivity index (χ3v) is 15.9. The van der Waals surface area contributed by atoms with Gasteiger partial charge in [0.1, 0.15) is 0 Å². The second-order valence-electron chi connectivity index (χ2n) is 12.2. The molecule has 0 N–H and O–H groups in total. The molecule has 3 aromatic heterocycles. The molecule has 0 aliphatic rings. The van der Waals surface area contributed by atoms with Crippen LogP contribution in [0.4, 0.5) is 0 Å². The van der Waals surface area contributed by atoms with Crippen LogP contribution in [0, 0.1) is 6.29 Å². The molecular weight excluding hydrogens is 787 g/mol. The minimum atomic E-state index is 0.435. The van der Waals surface area contributed by atoms with Crippen molar-refractivity contribution in [3.05, 3.63) is 200 Å². The Morgan fingerprint density at radius 2 is 0.400 bits per heavy atom. The van der Waals surface area contributed by atoms with Gasteiger partial charge in [-0.25, -0.2) is 0 Å². The molecule has 0 fully saturated rings. The van der Waals surface area contributed by atoms with Crippen LogP contribution in [0.3, 0.4) is 0 Å². The summed E-state index contributed by atoms with van der Waals surface area (Å²) in [5.74, 6) is 0. The van der Waals surface area contributed by atoms with Crippen LogP contribution < -0.4 is 12.0 Å². The van der Waals surface area contributed by atoms with E-state index in [0.29, 0.717) is 6.29 Å². The van der Waals surface area contributed by atoms with Crippen LogP contribution in [-0.2, 0) is 0 Å². The van der Waals surface area contributed by atoms with E-state index < -0.39 is 0 Å². The van der Waals surface area contributed by atoms with Gasteiger partial charge in [0.15, 0.2) is 0 Å². The van der Waals surface area contributed by atoms with E-state index in [-0.39, 0.29) is 0 Å². The molecule has 0 radical (unpaired) electrons. The summed E-state index contributed by atoms with van der Waals surface area (Å²) in [5, 5.41) is 0. The van der Waals surface area contributed by atoms with E-state index in [1.807, 2.05) is 0 Å². The summed E-state index contributed by atoms with van der Waals surface area (Å²) >= 11 is 10.1. The second kappa shape index (κ2) is 16.6. The van der Waals surface area contributed by atoms with Crippen LogP contribution in [0.5, 0.6) is 0 Å². The van der Waals surface area contributed by atoms with Gasteiger partial charge in [0.05, 0.1) is 29.3 Å². The predicted octanol–water partition coefficient (Wildman–Crippen LogP) is 13.6. The molecule has 264 valence electrons. The summed E-state index contributed by atoms with van der Waals surface area (Å²) in [6, 6.07) is 63.5. The first kappa shape index (κ1) is 35.4. The van der Waals surface area contributed by atoms with Gasteiger partial charge in [-0.1, -0.05) is 265 Å². The fraction of sp³-hybridized carbons (Fsp3) is 0. The summed E-state index contributed by atoms with van der Waals surface area (Å²) in [7, 11) is 0. The zero-order valence-corrected chi connectivity index (χ0v) is 34.0. The molecule has 0 saturated carbocycles. The highest BCUT2D eigenvalue weighted by atomic mass is 32.2. The molecule has 6 aromatic carbocycles. The topological polar surface area (TPSA) is 37.1 Å². The van der Waals surface area contributed by atoms with Crippen molar-refractivity contribution >= 4 is 68.0 Å². The lowest BCUT2D eigenvalue weighted by atomic mass is 10.1. The third kappa shape index (κ3) is 8.09. The van der Waals surface area contributed by atoms with Crippen molar-refractivity contribution in [1.29, 1.82) is 0 Å². The van der Waals surface area contributed by atoms with Crippen molar-refractivity contribution in [2.75, 3.05) is 0 Å². The Morgan fingerprint density at radius 1 is 0.236 bits per heavy atom. The Bertz CT molecular complexity index is 2350. The smallest absolute Gasteiger partial charge is 0.0889 e. The first-order chi connectivity index (χ1) is 27.2. The maximum atomic E-state index is 5.30. The van der Waals surface area contributed by atoms with Gasteiger partial charge in [0, 0.05) is 0 Å². The van der Waals surface area contributed by atoms with Crippen LogP contribution in [0.25, 0.3) is 62.6 Å². The maximum absolute atomic E-state index is 5.30. The van der Waals surface area contributed by atoms with Gasteiger partial charge >= 0.3 is 6.29 Å². The van der Waals surface area contributed by atoms with E-state index in [2.05, 4.69) is 182 Å². The van der Waals surface area contributed by atoms with Crippen molar-refractivity contribution < 1.29 is 0 Å². The second-order valence-corrected chi connectivity index (χ2v) is 19.0.